The number of carbonyl (C=O) groups is 3. The first-order valence-corrected chi connectivity index (χ1v) is 9.66. The van der Waals surface area contributed by atoms with Gasteiger partial charge in [0.2, 0.25) is 0 Å². The normalized spacial score (nSPS) is 17.2. The van der Waals surface area contributed by atoms with Crippen LogP contribution < -0.4 is 0 Å². The molecule has 0 saturated heterocycles. The molecule has 27 heavy (non-hydrogen) atoms. The van der Waals surface area contributed by atoms with Gasteiger partial charge in [-0.3, -0.25) is 4.79 Å². The van der Waals surface area contributed by atoms with Crippen LogP contribution in [0.2, 0.25) is 0 Å². The lowest BCUT2D eigenvalue weighted by Gasteiger charge is -2.11. The molecule has 0 spiro atoms. The van der Waals surface area contributed by atoms with Crippen LogP contribution >= 0.6 is 0 Å². The molecule has 1 atom stereocenters. The molecule has 1 aromatic heterocycles. The zero-order valence-corrected chi connectivity index (χ0v) is 15.7. The summed E-state index contributed by atoms with van der Waals surface area (Å²) in [5.74, 6) is -2.90. The summed E-state index contributed by atoms with van der Waals surface area (Å²) in [4.78, 5) is 37.6. The monoisotopic (exact) mass is 391 g/mol. The Morgan fingerprint density at radius 3 is 2.11 bits per heavy atom. The largest absolute Gasteiger partial charge is 0.465 e. The van der Waals surface area contributed by atoms with Crippen molar-refractivity contribution in [3.05, 3.63) is 58.4 Å². The van der Waals surface area contributed by atoms with Crippen molar-refractivity contribution in [1.82, 2.24) is 4.57 Å². The molecule has 0 saturated carbocycles. The van der Waals surface area contributed by atoms with Crippen LogP contribution in [0.1, 0.15) is 47.7 Å². The molecule has 0 N–H and O–H groups in total. The standard InChI is InChI=1S/C18H17NO7S/c1-10-12(17(21)25-2)13(18(22)26-3)14-16(27(23,24)9-19(10)14)15(20)11-7-5-4-6-8-11/h4-8,16H,9H2,1-3H3. The molecule has 0 bridgehead atoms. The van der Waals surface area contributed by atoms with Gasteiger partial charge < -0.3 is 14.0 Å². The molecule has 0 radical (unpaired) electrons. The molecule has 9 heteroatoms. The number of benzene rings is 1. The maximum absolute atomic E-state index is 13.0. The summed E-state index contributed by atoms with van der Waals surface area (Å²) in [6, 6.07) is 7.91. The minimum atomic E-state index is -3.93. The van der Waals surface area contributed by atoms with Crippen LogP contribution in [-0.4, -0.2) is 44.9 Å². The number of methoxy groups -OCH3 is 2. The van der Waals surface area contributed by atoms with Crippen LogP contribution in [0.4, 0.5) is 0 Å². The zero-order chi connectivity index (χ0) is 19.9. The summed E-state index contributed by atoms with van der Waals surface area (Å²) in [5, 5.41) is -1.61. The summed E-state index contributed by atoms with van der Waals surface area (Å²) < 4.78 is 36.3. The molecule has 3 rings (SSSR count). The van der Waals surface area contributed by atoms with Crippen LogP contribution in [-0.2, 0) is 25.2 Å². The molecule has 0 aliphatic carbocycles. The highest BCUT2D eigenvalue weighted by Crippen LogP contribution is 2.41. The highest BCUT2D eigenvalue weighted by molar-refractivity contribution is 7.91. The first-order valence-electron chi connectivity index (χ1n) is 7.95. The van der Waals surface area contributed by atoms with Crippen molar-refractivity contribution in [2.75, 3.05) is 14.2 Å². The number of sulfone groups is 1. The molecule has 8 nitrogen and oxygen atoms in total. The van der Waals surface area contributed by atoms with E-state index >= 15 is 0 Å². The smallest absolute Gasteiger partial charge is 0.340 e. The van der Waals surface area contributed by atoms with Crippen molar-refractivity contribution in [2.24, 2.45) is 0 Å². The number of Topliss-reactive ketones (excluding diaryl/α,β-unsaturated/α-hetero) is 1. The Labute approximate surface area is 155 Å². The summed E-state index contributed by atoms with van der Waals surface area (Å²) in [5.41, 5.74) is 0.00363. The van der Waals surface area contributed by atoms with Gasteiger partial charge in [0, 0.05) is 11.3 Å². The van der Waals surface area contributed by atoms with Gasteiger partial charge in [0.25, 0.3) is 0 Å². The van der Waals surface area contributed by atoms with E-state index in [2.05, 4.69) is 0 Å². The minimum Gasteiger partial charge on any atom is -0.465 e. The summed E-state index contributed by atoms with van der Waals surface area (Å²) >= 11 is 0. The first kappa shape index (κ1) is 18.8. The molecular weight excluding hydrogens is 374 g/mol. The van der Waals surface area contributed by atoms with Crippen LogP contribution in [0.5, 0.6) is 0 Å². The van der Waals surface area contributed by atoms with E-state index in [-0.39, 0.29) is 28.1 Å². The Kier molecular flexibility index (Phi) is 4.64. The Morgan fingerprint density at radius 2 is 1.56 bits per heavy atom. The number of hydrogen-bond acceptors (Lipinski definition) is 7. The third kappa shape index (κ3) is 2.84. The molecule has 1 aliphatic rings. The number of nitrogens with zero attached hydrogens (tertiary/aromatic N) is 1. The molecule has 1 aromatic carbocycles. The Balaban J connectivity index is 2.31. The van der Waals surface area contributed by atoms with Crippen molar-refractivity contribution >= 4 is 27.6 Å². The van der Waals surface area contributed by atoms with Crippen molar-refractivity contribution in [2.45, 2.75) is 18.1 Å². The van der Waals surface area contributed by atoms with Crippen molar-refractivity contribution < 1.29 is 32.3 Å². The van der Waals surface area contributed by atoms with Crippen molar-refractivity contribution in [1.29, 1.82) is 0 Å². The topological polar surface area (TPSA) is 109 Å². The third-order valence-electron chi connectivity index (χ3n) is 4.56. The molecule has 142 valence electrons. The molecule has 0 amide bonds. The maximum Gasteiger partial charge on any atom is 0.340 e. The lowest BCUT2D eigenvalue weighted by molar-refractivity contribution is 0.0555. The number of hydrogen-bond donors (Lipinski definition) is 0. The fraction of sp³-hybridized carbons (Fsp3) is 0.278. The lowest BCUT2D eigenvalue weighted by Crippen LogP contribution is -2.22. The molecule has 0 fully saturated rings. The highest BCUT2D eigenvalue weighted by Gasteiger charge is 2.48. The number of ether oxygens (including phenoxy) is 2. The minimum absolute atomic E-state index is 0.0615. The van der Waals surface area contributed by atoms with E-state index < -0.39 is 38.7 Å². The van der Waals surface area contributed by atoms with Crippen molar-refractivity contribution in [3.8, 4) is 0 Å². The molecular formula is C18H17NO7S. The van der Waals surface area contributed by atoms with Gasteiger partial charge in [0.1, 0.15) is 5.88 Å². The van der Waals surface area contributed by atoms with Crippen LogP contribution in [0.3, 0.4) is 0 Å². The summed E-state index contributed by atoms with van der Waals surface area (Å²) in [7, 11) is -1.67. The van der Waals surface area contributed by atoms with Crippen LogP contribution in [0, 0.1) is 6.92 Å². The van der Waals surface area contributed by atoms with Gasteiger partial charge in [0.15, 0.2) is 20.9 Å². The van der Waals surface area contributed by atoms with E-state index in [0.717, 1.165) is 14.2 Å². The SMILES string of the molecule is COC(=O)c1c(C(=O)OC)c2n(c1C)CS(=O)(=O)C2C(=O)c1ccccc1. The summed E-state index contributed by atoms with van der Waals surface area (Å²) in [6.07, 6.45) is 0. The van der Waals surface area contributed by atoms with Gasteiger partial charge >= 0.3 is 11.9 Å². The number of rotatable bonds is 4. The fourth-order valence-corrected chi connectivity index (χ4v) is 5.21. The third-order valence-corrected chi connectivity index (χ3v) is 6.33. The number of carbonyl (C=O) groups excluding carboxylic acids is 3. The average molecular weight is 391 g/mol. The Hall–Kier alpha value is -2.94. The molecule has 2 heterocycles. The van der Waals surface area contributed by atoms with E-state index in [9.17, 15) is 22.8 Å². The zero-order valence-electron chi connectivity index (χ0n) is 14.9. The van der Waals surface area contributed by atoms with Gasteiger partial charge in [0.05, 0.1) is 31.0 Å². The predicted octanol–water partition coefficient (Wildman–Crippen LogP) is 1.68. The van der Waals surface area contributed by atoms with Crippen LogP contribution in [0.15, 0.2) is 30.3 Å². The maximum atomic E-state index is 13.0. The lowest BCUT2D eigenvalue weighted by atomic mass is 10.0. The quantitative estimate of drug-likeness (QED) is 0.576. The van der Waals surface area contributed by atoms with Crippen LogP contribution in [0.25, 0.3) is 0 Å². The molecule has 1 aliphatic heterocycles. The van der Waals surface area contributed by atoms with E-state index in [4.69, 9.17) is 9.47 Å². The highest BCUT2D eigenvalue weighted by atomic mass is 32.2. The van der Waals surface area contributed by atoms with E-state index in [1.807, 2.05) is 0 Å². The van der Waals surface area contributed by atoms with Gasteiger partial charge in [-0.2, -0.15) is 0 Å². The number of fused-ring (bicyclic) bond motifs is 1. The Bertz CT molecular complexity index is 1050. The average Bonchev–Trinajstić information content (AvgIpc) is 3.09. The summed E-state index contributed by atoms with van der Waals surface area (Å²) in [6.45, 7) is 1.49. The molecule has 1 unspecified atom stereocenters. The molecule has 2 aromatic rings. The van der Waals surface area contributed by atoms with E-state index in [1.54, 1.807) is 18.2 Å². The number of esters is 2. The van der Waals surface area contributed by atoms with E-state index in [1.165, 1.54) is 23.6 Å². The second-order valence-corrected chi connectivity index (χ2v) is 8.09. The van der Waals surface area contributed by atoms with Gasteiger partial charge in [-0.25, -0.2) is 18.0 Å². The fourth-order valence-electron chi connectivity index (χ4n) is 3.32. The van der Waals surface area contributed by atoms with Gasteiger partial charge in [-0.05, 0) is 6.92 Å². The van der Waals surface area contributed by atoms with Gasteiger partial charge in [-0.1, -0.05) is 30.3 Å². The second-order valence-electron chi connectivity index (χ2n) is 6.03. The number of ketones is 1. The van der Waals surface area contributed by atoms with Gasteiger partial charge in [-0.15, -0.1) is 0 Å². The predicted molar refractivity (Wildman–Crippen MR) is 94.3 cm³/mol. The van der Waals surface area contributed by atoms with E-state index in [0.29, 0.717) is 0 Å². The second kappa shape index (κ2) is 6.66. The van der Waals surface area contributed by atoms with Crippen molar-refractivity contribution in [3.63, 3.8) is 0 Å². The Morgan fingerprint density at radius 1 is 1.00 bits per heavy atom. The first-order chi connectivity index (χ1) is 12.7. The number of aromatic nitrogens is 1.